The monoisotopic (exact) mass is 339 g/mol. The second-order valence-electron chi connectivity index (χ2n) is 6.35. The number of hydrogen-bond donors (Lipinski definition) is 1. The summed E-state index contributed by atoms with van der Waals surface area (Å²) in [5.74, 6) is 0.713. The molecule has 0 aliphatic carbocycles. The maximum atomic E-state index is 14.0. The summed E-state index contributed by atoms with van der Waals surface area (Å²) in [6.45, 7) is 1.81. The van der Waals surface area contributed by atoms with Gasteiger partial charge in [0.15, 0.2) is 11.5 Å². The number of piperidine rings is 1. The molecule has 6 heteroatoms. The molecule has 0 bridgehead atoms. The highest BCUT2D eigenvalue weighted by molar-refractivity contribution is 5.80. The van der Waals surface area contributed by atoms with Crippen LogP contribution in [0, 0.1) is 10.7 Å². The first-order chi connectivity index (χ1) is 12.2. The second-order valence-corrected chi connectivity index (χ2v) is 6.35. The molecule has 0 amide bonds. The van der Waals surface area contributed by atoms with Gasteiger partial charge in [0, 0.05) is 11.5 Å². The van der Waals surface area contributed by atoms with Gasteiger partial charge in [-0.2, -0.15) is 4.91 Å². The zero-order valence-corrected chi connectivity index (χ0v) is 13.7. The third kappa shape index (κ3) is 3.17. The zero-order valence-electron chi connectivity index (χ0n) is 13.7. The maximum absolute atomic E-state index is 14.0. The van der Waals surface area contributed by atoms with E-state index in [1.54, 1.807) is 12.1 Å². The standard InChI is InChI=1S/C19H18FN3O2/c20-16-9-13(1-2-15(16)11-22-24)14-3-4-18-17(10-14)23-19(25-18)12-5-7-21-8-6-12/h1-4,9-10,12,21H,5-8,11H2. The highest BCUT2D eigenvalue weighted by Crippen LogP contribution is 2.30. The summed E-state index contributed by atoms with van der Waals surface area (Å²) >= 11 is 0. The summed E-state index contributed by atoms with van der Waals surface area (Å²) in [7, 11) is 0. The number of oxazole rings is 1. The van der Waals surface area contributed by atoms with Crippen molar-refractivity contribution in [2.45, 2.75) is 25.3 Å². The highest BCUT2D eigenvalue weighted by Gasteiger charge is 2.20. The Kier molecular flexibility index (Phi) is 4.28. The Bertz CT molecular complexity index is 916. The minimum atomic E-state index is -0.423. The summed E-state index contributed by atoms with van der Waals surface area (Å²) in [4.78, 5) is 15.0. The Morgan fingerprint density at radius 2 is 1.92 bits per heavy atom. The topological polar surface area (TPSA) is 67.5 Å². The lowest BCUT2D eigenvalue weighted by Crippen LogP contribution is -2.26. The number of nitroso groups, excluding NO2 is 1. The first kappa shape index (κ1) is 15.9. The second kappa shape index (κ2) is 6.72. The van der Waals surface area contributed by atoms with E-state index in [1.807, 2.05) is 18.2 Å². The van der Waals surface area contributed by atoms with Gasteiger partial charge < -0.3 is 9.73 Å². The van der Waals surface area contributed by atoms with Crippen molar-refractivity contribution in [1.82, 2.24) is 10.3 Å². The number of hydrogen-bond acceptors (Lipinski definition) is 5. The van der Waals surface area contributed by atoms with E-state index in [2.05, 4.69) is 15.5 Å². The number of nitrogens with zero attached hydrogens (tertiary/aromatic N) is 2. The predicted molar refractivity (Wildman–Crippen MR) is 93.7 cm³/mol. The molecule has 5 nitrogen and oxygen atoms in total. The van der Waals surface area contributed by atoms with Crippen molar-refractivity contribution < 1.29 is 8.81 Å². The lowest BCUT2D eigenvalue weighted by molar-refractivity contribution is 0.385. The van der Waals surface area contributed by atoms with E-state index in [0.717, 1.165) is 54.0 Å². The largest absolute Gasteiger partial charge is 0.440 e. The van der Waals surface area contributed by atoms with Crippen LogP contribution in [0.15, 0.2) is 46.0 Å². The van der Waals surface area contributed by atoms with Crippen LogP contribution < -0.4 is 5.32 Å². The van der Waals surface area contributed by atoms with Gasteiger partial charge >= 0.3 is 0 Å². The van der Waals surface area contributed by atoms with E-state index in [-0.39, 0.29) is 6.54 Å². The first-order valence-electron chi connectivity index (χ1n) is 8.44. The molecule has 1 aliphatic heterocycles. The number of fused-ring (bicyclic) bond motifs is 1. The number of rotatable bonds is 4. The normalized spacial score (nSPS) is 15.6. The SMILES string of the molecule is O=NCc1ccc(-c2ccc3oc(C4CCNCC4)nc3c2)cc1F. The molecule has 0 atom stereocenters. The molecular formula is C19H18FN3O2. The molecule has 4 rings (SSSR count). The molecular weight excluding hydrogens is 321 g/mol. The third-order valence-corrected chi connectivity index (χ3v) is 4.71. The predicted octanol–water partition coefficient (Wildman–Crippen LogP) is 4.37. The number of aromatic nitrogens is 1. The summed E-state index contributed by atoms with van der Waals surface area (Å²) in [6, 6.07) is 10.5. The van der Waals surface area contributed by atoms with Crippen LogP contribution in [0.1, 0.15) is 30.2 Å². The lowest BCUT2D eigenvalue weighted by atomic mass is 9.98. The Morgan fingerprint density at radius 1 is 1.16 bits per heavy atom. The molecule has 0 saturated carbocycles. The number of benzene rings is 2. The van der Waals surface area contributed by atoms with Gasteiger partial charge in [-0.15, -0.1) is 0 Å². The molecule has 2 heterocycles. The van der Waals surface area contributed by atoms with Crippen molar-refractivity contribution in [3.63, 3.8) is 0 Å². The van der Waals surface area contributed by atoms with E-state index >= 15 is 0 Å². The van der Waals surface area contributed by atoms with E-state index in [4.69, 9.17) is 4.42 Å². The molecule has 0 spiro atoms. The van der Waals surface area contributed by atoms with Crippen molar-refractivity contribution in [3.05, 3.63) is 58.6 Å². The van der Waals surface area contributed by atoms with Crippen molar-refractivity contribution in [2.75, 3.05) is 13.1 Å². The van der Waals surface area contributed by atoms with Gasteiger partial charge in [0.1, 0.15) is 17.9 Å². The Morgan fingerprint density at radius 3 is 2.68 bits per heavy atom. The molecule has 3 aromatic rings. The first-order valence-corrected chi connectivity index (χ1v) is 8.44. The van der Waals surface area contributed by atoms with Crippen LogP contribution >= 0.6 is 0 Å². The number of nitrogens with one attached hydrogen (secondary N) is 1. The molecule has 0 radical (unpaired) electrons. The molecule has 1 N–H and O–H groups in total. The minimum Gasteiger partial charge on any atom is -0.440 e. The maximum Gasteiger partial charge on any atom is 0.198 e. The van der Waals surface area contributed by atoms with E-state index in [9.17, 15) is 9.30 Å². The number of halogens is 1. The Labute approximate surface area is 144 Å². The molecule has 1 aromatic heterocycles. The van der Waals surface area contributed by atoms with E-state index < -0.39 is 5.82 Å². The lowest BCUT2D eigenvalue weighted by Gasteiger charge is -2.19. The summed E-state index contributed by atoms with van der Waals surface area (Å²) in [5, 5.41) is 6.08. The Balaban J connectivity index is 1.66. The van der Waals surface area contributed by atoms with Crippen LogP contribution in [0.2, 0.25) is 0 Å². The van der Waals surface area contributed by atoms with Crippen molar-refractivity contribution in [2.24, 2.45) is 5.18 Å². The van der Waals surface area contributed by atoms with Crippen LogP contribution in [0.5, 0.6) is 0 Å². The average molecular weight is 339 g/mol. The molecule has 0 unspecified atom stereocenters. The van der Waals surface area contributed by atoms with Gasteiger partial charge in [-0.25, -0.2) is 9.37 Å². The van der Waals surface area contributed by atoms with Crippen LogP contribution in [-0.4, -0.2) is 18.1 Å². The molecule has 128 valence electrons. The van der Waals surface area contributed by atoms with Gasteiger partial charge in [0.2, 0.25) is 0 Å². The average Bonchev–Trinajstić information content (AvgIpc) is 3.07. The smallest absolute Gasteiger partial charge is 0.198 e. The van der Waals surface area contributed by atoms with Crippen molar-refractivity contribution >= 4 is 11.1 Å². The van der Waals surface area contributed by atoms with Gasteiger partial charge in [-0.1, -0.05) is 23.4 Å². The Hall–Kier alpha value is -2.60. The van der Waals surface area contributed by atoms with E-state index in [1.165, 1.54) is 6.07 Å². The fourth-order valence-corrected chi connectivity index (χ4v) is 3.29. The molecule has 2 aromatic carbocycles. The molecule has 25 heavy (non-hydrogen) atoms. The summed E-state index contributed by atoms with van der Waals surface area (Å²) in [5.41, 5.74) is 3.43. The van der Waals surface area contributed by atoms with Crippen LogP contribution in [-0.2, 0) is 6.54 Å². The molecule has 1 saturated heterocycles. The van der Waals surface area contributed by atoms with Crippen molar-refractivity contribution in [3.8, 4) is 11.1 Å². The third-order valence-electron chi connectivity index (χ3n) is 4.71. The van der Waals surface area contributed by atoms with Crippen molar-refractivity contribution in [1.29, 1.82) is 0 Å². The van der Waals surface area contributed by atoms with Crippen LogP contribution in [0.4, 0.5) is 4.39 Å². The highest BCUT2D eigenvalue weighted by atomic mass is 19.1. The van der Waals surface area contributed by atoms with Crippen LogP contribution in [0.25, 0.3) is 22.2 Å². The fourth-order valence-electron chi connectivity index (χ4n) is 3.29. The summed E-state index contributed by atoms with van der Waals surface area (Å²) < 4.78 is 20.0. The van der Waals surface area contributed by atoms with Gasteiger partial charge in [0.25, 0.3) is 0 Å². The van der Waals surface area contributed by atoms with Crippen LogP contribution in [0.3, 0.4) is 0 Å². The van der Waals surface area contributed by atoms with Gasteiger partial charge in [-0.05, 0) is 55.3 Å². The minimum absolute atomic E-state index is 0.159. The van der Waals surface area contributed by atoms with Gasteiger partial charge in [-0.3, -0.25) is 0 Å². The van der Waals surface area contributed by atoms with E-state index in [0.29, 0.717) is 11.5 Å². The summed E-state index contributed by atoms with van der Waals surface area (Å²) in [6.07, 6.45) is 2.05. The fraction of sp³-hybridized carbons (Fsp3) is 0.316. The molecule has 1 fully saturated rings. The zero-order chi connectivity index (χ0) is 17.2. The quantitative estimate of drug-likeness (QED) is 0.717. The molecule has 1 aliphatic rings. The van der Waals surface area contributed by atoms with Gasteiger partial charge in [0.05, 0.1) is 0 Å².